The van der Waals surface area contributed by atoms with Gasteiger partial charge in [0, 0.05) is 37.0 Å². The summed E-state index contributed by atoms with van der Waals surface area (Å²) in [5.74, 6) is -0.631. The number of likely N-dealkylation sites (tertiary alicyclic amines) is 1. The van der Waals surface area contributed by atoms with Crippen LogP contribution in [0.2, 0.25) is 0 Å². The monoisotopic (exact) mass is 364 g/mol. The van der Waals surface area contributed by atoms with Gasteiger partial charge in [0.1, 0.15) is 11.9 Å². The smallest absolute Gasteiger partial charge is 0.251 e. The van der Waals surface area contributed by atoms with E-state index in [2.05, 4.69) is 10.1 Å². The third kappa shape index (κ3) is 4.04. The lowest BCUT2D eigenvalue weighted by molar-refractivity contribution is -0.139. The van der Waals surface area contributed by atoms with Gasteiger partial charge in [-0.15, -0.1) is 0 Å². The number of benzene rings is 1. The molecule has 1 aliphatic heterocycles. The van der Waals surface area contributed by atoms with Gasteiger partial charge < -0.3 is 19.4 Å². The summed E-state index contributed by atoms with van der Waals surface area (Å²) >= 11 is 0. The van der Waals surface area contributed by atoms with Crippen molar-refractivity contribution in [3.63, 3.8) is 0 Å². The van der Waals surface area contributed by atoms with Gasteiger partial charge >= 0.3 is 0 Å². The van der Waals surface area contributed by atoms with Crippen molar-refractivity contribution in [2.45, 2.75) is 38.7 Å². The van der Waals surface area contributed by atoms with Crippen LogP contribution in [0.5, 0.6) is 0 Å². The molecule has 1 N–H and O–H groups in total. The largest absolute Gasteiger partial charge is 0.384 e. The van der Waals surface area contributed by atoms with Crippen LogP contribution in [0, 0.1) is 5.82 Å². The van der Waals surface area contributed by atoms with E-state index in [1.54, 1.807) is 6.07 Å². The highest BCUT2D eigenvalue weighted by Crippen LogP contribution is 2.32. The average Bonchev–Trinajstić information content (AvgIpc) is 3.04. The molecule has 0 spiro atoms. The lowest BCUT2D eigenvalue weighted by Crippen LogP contribution is -2.44. The third-order valence-electron chi connectivity index (χ3n) is 5.10. The predicted molar refractivity (Wildman–Crippen MR) is 96.3 cm³/mol. The quantitative estimate of drug-likeness (QED) is 0.852. The van der Waals surface area contributed by atoms with Gasteiger partial charge in [0.05, 0.1) is 7.06 Å². The van der Waals surface area contributed by atoms with Crippen LogP contribution in [-0.2, 0) is 4.79 Å². The molecule has 0 bridgehead atoms. The van der Waals surface area contributed by atoms with Gasteiger partial charge in [-0.25, -0.2) is 4.39 Å². The summed E-state index contributed by atoms with van der Waals surface area (Å²) in [5.41, 5.74) is 1.37. The number of halogens is 1. The average molecular weight is 364 g/mol. The van der Waals surface area contributed by atoms with Crippen molar-refractivity contribution in [3.05, 3.63) is 29.7 Å². The molecule has 0 radical (unpaired) electrons. The molecule has 7 heteroatoms. The summed E-state index contributed by atoms with van der Waals surface area (Å²) in [6.07, 6.45) is -0.263. The third-order valence-corrected chi connectivity index (χ3v) is 5.10. The molecule has 1 saturated heterocycles. The van der Waals surface area contributed by atoms with Gasteiger partial charge in [0.15, 0.2) is 5.58 Å². The number of hydrogen-bond donors (Lipinski definition) is 1. The van der Waals surface area contributed by atoms with Crippen molar-refractivity contribution in [1.82, 2.24) is 15.0 Å². The van der Waals surface area contributed by atoms with Crippen LogP contribution in [0.1, 0.15) is 39.7 Å². The van der Waals surface area contributed by atoms with Gasteiger partial charge in [-0.2, -0.15) is 0 Å². The summed E-state index contributed by atoms with van der Waals surface area (Å²) in [7, 11) is 0. The number of rotatable bonds is 6. The fourth-order valence-electron chi connectivity index (χ4n) is 3.55. The minimum atomic E-state index is -2.09. The predicted octanol–water partition coefficient (Wildman–Crippen LogP) is 2.38. The fraction of sp³-hybridized carbons (Fsp3) is 0.579. The zero-order chi connectivity index (χ0) is 19.6. The highest BCUT2D eigenvalue weighted by molar-refractivity contribution is 5.80. The lowest BCUT2D eigenvalue weighted by atomic mass is 9.91. The topological polar surface area (TPSA) is 69.8 Å². The van der Waals surface area contributed by atoms with Crippen LogP contribution in [0.3, 0.4) is 0 Å². The first-order valence-electron chi connectivity index (χ1n) is 9.58. The van der Waals surface area contributed by atoms with Gasteiger partial charge in [-0.3, -0.25) is 4.79 Å². The Kier molecular flexibility index (Phi) is 5.45. The fourth-order valence-corrected chi connectivity index (χ4v) is 3.55. The van der Waals surface area contributed by atoms with E-state index in [1.807, 2.05) is 6.92 Å². The van der Waals surface area contributed by atoms with Crippen LogP contribution in [0.4, 0.5) is 4.39 Å². The normalized spacial score (nSPS) is 19.3. The Hall–Kier alpha value is -1.99. The molecule has 26 heavy (non-hydrogen) atoms. The molecular weight excluding hydrogens is 337 g/mol. The number of likely N-dealkylation sites (N-methyl/N-ethyl adjacent to an activating group) is 1. The number of amides is 1. The van der Waals surface area contributed by atoms with E-state index in [9.17, 15) is 14.3 Å². The zero-order valence-electron chi connectivity index (χ0n) is 16.2. The molecule has 3 rings (SSSR count). The lowest BCUT2D eigenvalue weighted by Gasteiger charge is -2.33. The molecule has 2 heterocycles. The second kappa shape index (κ2) is 8.14. The van der Waals surface area contributed by atoms with E-state index in [4.69, 9.17) is 5.89 Å². The molecule has 1 aromatic carbocycles. The Bertz CT molecular complexity index is 797. The number of aliphatic hydroxyl groups is 1. The van der Waals surface area contributed by atoms with E-state index in [-0.39, 0.29) is 11.7 Å². The van der Waals surface area contributed by atoms with Gasteiger partial charge in [-0.05, 0) is 51.9 Å². The van der Waals surface area contributed by atoms with Crippen LogP contribution in [0.15, 0.2) is 22.7 Å². The Morgan fingerprint density at radius 2 is 2.27 bits per heavy atom. The van der Waals surface area contributed by atoms with Gasteiger partial charge in [0.2, 0.25) is 0 Å². The van der Waals surface area contributed by atoms with Crippen LogP contribution >= 0.6 is 0 Å². The van der Waals surface area contributed by atoms with E-state index < -0.39 is 12.0 Å². The first-order chi connectivity index (χ1) is 12.8. The Morgan fingerprint density at radius 3 is 2.92 bits per heavy atom. The SMILES string of the molecule is [2H]C(C)(O)C(=O)N(CC)CCN1CCC(c2noc3cc(F)ccc23)CC1. The highest BCUT2D eigenvalue weighted by Gasteiger charge is 2.26. The molecule has 1 aliphatic rings. The van der Waals surface area contributed by atoms with Gasteiger partial charge in [-0.1, -0.05) is 5.16 Å². The molecule has 6 nitrogen and oxygen atoms in total. The van der Waals surface area contributed by atoms with E-state index in [0.29, 0.717) is 25.2 Å². The van der Waals surface area contributed by atoms with Crippen LogP contribution in [0.25, 0.3) is 11.0 Å². The second-order valence-electron chi connectivity index (χ2n) is 6.79. The number of fused-ring (bicyclic) bond motifs is 1. The second-order valence-corrected chi connectivity index (χ2v) is 6.79. The van der Waals surface area contributed by atoms with Crippen molar-refractivity contribution >= 4 is 16.9 Å². The number of hydrogen-bond acceptors (Lipinski definition) is 5. The first kappa shape index (κ1) is 17.4. The first-order valence-corrected chi connectivity index (χ1v) is 9.08. The minimum Gasteiger partial charge on any atom is -0.384 e. The number of piperidine rings is 1. The molecule has 1 aromatic heterocycles. The molecule has 1 unspecified atom stereocenters. The number of carbonyl (C=O) groups excluding carboxylic acids is 1. The maximum absolute atomic E-state index is 13.3. The molecule has 2 aromatic rings. The molecule has 1 atom stereocenters. The number of nitrogens with zero attached hydrogens (tertiary/aromatic N) is 3. The molecule has 142 valence electrons. The summed E-state index contributed by atoms with van der Waals surface area (Å²) in [4.78, 5) is 15.8. The number of aromatic nitrogens is 1. The summed E-state index contributed by atoms with van der Waals surface area (Å²) in [6.45, 7) is 6.42. The van der Waals surface area contributed by atoms with Crippen molar-refractivity contribution in [2.24, 2.45) is 0 Å². The Labute approximate surface area is 153 Å². The Balaban J connectivity index is 1.55. The zero-order valence-corrected chi connectivity index (χ0v) is 15.2. The van der Waals surface area contributed by atoms with Crippen molar-refractivity contribution in [3.8, 4) is 0 Å². The Morgan fingerprint density at radius 1 is 1.54 bits per heavy atom. The summed E-state index contributed by atoms with van der Waals surface area (Å²) < 4.78 is 26.1. The minimum absolute atomic E-state index is 0.269. The van der Waals surface area contributed by atoms with E-state index in [0.717, 1.165) is 37.0 Å². The standard InChI is InChI=1S/C19H26FN3O3/c1-3-23(19(25)13(2)24)11-10-22-8-6-14(7-9-22)18-16-5-4-15(20)12-17(16)26-21-18/h4-5,12-14,24H,3,6-11H2,1-2H3/i13D. The molecule has 1 amide bonds. The highest BCUT2D eigenvalue weighted by atomic mass is 19.1. The number of carbonyl (C=O) groups is 1. The van der Waals surface area contributed by atoms with Crippen molar-refractivity contribution in [1.29, 1.82) is 0 Å². The van der Waals surface area contributed by atoms with Gasteiger partial charge in [0.25, 0.3) is 5.91 Å². The van der Waals surface area contributed by atoms with E-state index >= 15 is 0 Å². The summed E-state index contributed by atoms with van der Waals surface area (Å²) in [5, 5.41) is 14.6. The summed E-state index contributed by atoms with van der Waals surface area (Å²) in [6, 6.07) is 4.51. The molecule has 0 saturated carbocycles. The van der Waals surface area contributed by atoms with Crippen molar-refractivity contribution < 1.29 is 20.2 Å². The molecular formula is C19H26FN3O3. The van der Waals surface area contributed by atoms with Crippen molar-refractivity contribution in [2.75, 3.05) is 32.7 Å². The van der Waals surface area contributed by atoms with Crippen LogP contribution < -0.4 is 0 Å². The van der Waals surface area contributed by atoms with Crippen LogP contribution in [-0.4, -0.2) is 64.8 Å². The maximum Gasteiger partial charge on any atom is 0.251 e. The van der Waals surface area contributed by atoms with E-state index in [1.165, 1.54) is 24.0 Å². The molecule has 0 aliphatic carbocycles. The molecule has 1 fully saturated rings. The maximum atomic E-state index is 13.3.